The van der Waals surface area contributed by atoms with Gasteiger partial charge in [-0.25, -0.2) is 0 Å². The standard InChI is InChI=1S/C14H13Cl/c1-10-8-9-13(14(15)11(10)2)12-6-4-3-5-7-12/h3-9H,1-2H3. The summed E-state index contributed by atoms with van der Waals surface area (Å²) in [6.07, 6.45) is 0. The van der Waals surface area contributed by atoms with Crippen LogP contribution in [0.15, 0.2) is 42.5 Å². The van der Waals surface area contributed by atoms with Crippen LogP contribution in [0, 0.1) is 13.8 Å². The van der Waals surface area contributed by atoms with Crippen molar-refractivity contribution >= 4 is 11.6 Å². The fraction of sp³-hybridized carbons (Fsp3) is 0.143. The average molecular weight is 217 g/mol. The van der Waals surface area contributed by atoms with Crippen LogP contribution in [0.4, 0.5) is 0 Å². The quantitative estimate of drug-likeness (QED) is 0.652. The molecule has 0 aliphatic rings. The van der Waals surface area contributed by atoms with Gasteiger partial charge in [-0.1, -0.05) is 54.1 Å². The molecular weight excluding hydrogens is 204 g/mol. The fourth-order valence-corrected chi connectivity index (χ4v) is 1.94. The number of aryl methyl sites for hydroxylation is 1. The van der Waals surface area contributed by atoms with Gasteiger partial charge < -0.3 is 0 Å². The molecule has 0 fully saturated rings. The molecule has 0 N–H and O–H groups in total. The van der Waals surface area contributed by atoms with Crippen molar-refractivity contribution in [1.29, 1.82) is 0 Å². The zero-order chi connectivity index (χ0) is 10.8. The Morgan fingerprint density at radius 3 is 2.20 bits per heavy atom. The molecule has 15 heavy (non-hydrogen) atoms. The van der Waals surface area contributed by atoms with Gasteiger partial charge in [0.05, 0.1) is 5.02 Å². The first-order valence-electron chi connectivity index (χ1n) is 5.01. The van der Waals surface area contributed by atoms with Crippen molar-refractivity contribution in [3.63, 3.8) is 0 Å². The molecule has 0 amide bonds. The average Bonchev–Trinajstić information content (AvgIpc) is 2.27. The minimum atomic E-state index is 0.862. The van der Waals surface area contributed by atoms with Crippen molar-refractivity contribution in [1.82, 2.24) is 0 Å². The van der Waals surface area contributed by atoms with Crippen molar-refractivity contribution in [3.05, 3.63) is 58.6 Å². The second kappa shape index (κ2) is 4.08. The summed E-state index contributed by atoms with van der Waals surface area (Å²) in [6.45, 7) is 4.14. The van der Waals surface area contributed by atoms with Crippen LogP contribution in [0.5, 0.6) is 0 Å². The lowest BCUT2D eigenvalue weighted by atomic mass is 10.0. The first-order chi connectivity index (χ1) is 7.20. The van der Waals surface area contributed by atoms with Crippen LogP contribution in [-0.4, -0.2) is 0 Å². The van der Waals surface area contributed by atoms with Crippen molar-refractivity contribution in [2.75, 3.05) is 0 Å². The van der Waals surface area contributed by atoms with E-state index in [-0.39, 0.29) is 0 Å². The SMILES string of the molecule is Cc1ccc(-c2ccccc2)c(Cl)c1C. The van der Waals surface area contributed by atoms with E-state index in [1.54, 1.807) is 0 Å². The highest BCUT2D eigenvalue weighted by Gasteiger charge is 2.06. The molecule has 0 heterocycles. The van der Waals surface area contributed by atoms with Crippen LogP contribution in [0.1, 0.15) is 11.1 Å². The van der Waals surface area contributed by atoms with Gasteiger partial charge in [-0.05, 0) is 30.5 Å². The molecule has 0 nitrogen and oxygen atoms in total. The third-order valence-electron chi connectivity index (χ3n) is 2.74. The monoisotopic (exact) mass is 216 g/mol. The molecule has 76 valence electrons. The second-order valence-corrected chi connectivity index (χ2v) is 4.11. The van der Waals surface area contributed by atoms with Crippen LogP contribution >= 0.6 is 11.6 Å². The van der Waals surface area contributed by atoms with Gasteiger partial charge >= 0.3 is 0 Å². The summed E-state index contributed by atoms with van der Waals surface area (Å²) in [5.74, 6) is 0. The lowest BCUT2D eigenvalue weighted by Gasteiger charge is -2.09. The van der Waals surface area contributed by atoms with E-state index in [2.05, 4.69) is 38.1 Å². The van der Waals surface area contributed by atoms with E-state index in [0.29, 0.717) is 0 Å². The molecule has 0 aliphatic carbocycles. The Kier molecular flexibility index (Phi) is 2.79. The molecule has 2 aromatic rings. The molecule has 0 bridgehead atoms. The first kappa shape index (κ1) is 10.3. The second-order valence-electron chi connectivity index (χ2n) is 3.74. The Balaban J connectivity index is 2.60. The molecule has 0 radical (unpaired) electrons. The largest absolute Gasteiger partial charge is 0.0834 e. The summed E-state index contributed by atoms with van der Waals surface area (Å²) in [4.78, 5) is 0. The minimum Gasteiger partial charge on any atom is -0.0834 e. The maximum absolute atomic E-state index is 6.33. The summed E-state index contributed by atoms with van der Waals surface area (Å²) in [5.41, 5.74) is 4.68. The van der Waals surface area contributed by atoms with E-state index < -0.39 is 0 Å². The van der Waals surface area contributed by atoms with Crippen LogP contribution in [0.2, 0.25) is 5.02 Å². The van der Waals surface area contributed by atoms with Crippen LogP contribution in [0.25, 0.3) is 11.1 Å². The molecule has 2 rings (SSSR count). The number of rotatable bonds is 1. The van der Waals surface area contributed by atoms with Gasteiger partial charge in [-0.2, -0.15) is 0 Å². The Morgan fingerprint density at radius 1 is 0.867 bits per heavy atom. The van der Waals surface area contributed by atoms with Crippen molar-refractivity contribution in [2.24, 2.45) is 0 Å². The maximum atomic E-state index is 6.33. The van der Waals surface area contributed by atoms with Gasteiger partial charge in [0.2, 0.25) is 0 Å². The molecule has 0 spiro atoms. The van der Waals surface area contributed by atoms with E-state index >= 15 is 0 Å². The van der Waals surface area contributed by atoms with Crippen molar-refractivity contribution in [3.8, 4) is 11.1 Å². The van der Waals surface area contributed by atoms with Gasteiger partial charge in [0, 0.05) is 5.56 Å². The molecular formula is C14H13Cl. The summed E-state index contributed by atoms with van der Waals surface area (Å²) in [5, 5.41) is 0.862. The Bertz CT molecular complexity index is 472. The van der Waals surface area contributed by atoms with Gasteiger partial charge in [0.1, 0.15) is 0 Å². The third-order valence-corrected chi connectivity index (χ3v) is 3.23. The molecule has 0 aliphatic heterocycles. The van der Waals surface area contributed by atoms with E-state index in [9.17, 15) is 0 Å². The van der Waals surface area contributed by atoms with Gasteiger partial charge in [0.15, 0.2) is 0 Å². The normalized spacial score (nSPS) is 10.3. The fourth-order valence-electron chi connectivity index (χ4n) is 1.62. The molecule has 0 atom stereocenters. The number of halogens is 1. The van der Waals surface area contributed by atoms with E-state index in [4.69, 9.17) is 11.6 Å². The molecule has 0 saturated heterocycles. The van der Waals surface area contributed by atoms with Crippen LogP contribution < -0.4 is 0 Å². The summed E-state index contributed by atoms with van der Waals surface area (Å²) >= 11 is 6.33. The number of hydrogen-bond donors (Lipinski definition) is 0. The highest BCUT2D eigenvalue weighted by molar-refractivity contribution is 6.34. The smallest absolute Gasteiger partial charge is 0.0516 e. The molecule has 0 unspecified atom stereocenters. The maximum Gasteiger partial charge on any atom is 0.0516 e. The summed E-state index contributed by atoms with van der Waals surface area (Å²) in [6, 6.07) is 14.4. The Hall–Kier alpha value is -1.27. The van der Waals surface area contributed by atoms with Crippen molar-refractivity contribution < 1.29 is 0 Å². The topological polar surface area (TPSA) is 0 Å². The summed E-state index contributed by atoms with van der Waals surface area (Å²) in [7, 11) is 0. The van der Waals surface area contributed by atoms with Crippen molar-refractivity contribution in [2.45, 2.75) is 13.8 Å². The van der Waals surface area contributed by atoms with E-state index in [1.807, 2.05) is 18.2 Å². The predicted molar refractivity (Wildman–Crippen MR) is 66.4 cm³/mol. The van der Waals surface area contributed by atoms with Gasteiger partial charge in [-0.3, -0.25) is 0 Å². The zero-order valence-corrected chi connectivity index (χ0v) is 9.68. The summed E-state index contributed by atoms with van der Waals surface area (Å²) < 4.78 is 0. The molecule has 2 aromatic carbocycles. The molecule has 0 aromatic heterocycles. The third kappa shape index (κ3) is 1.91. The minimum absolute atomic E-state index is 0.862. The molecule has 1 heteroatoms. The van der Waals surface area contributed by atoms with E-state index in [0.717, 1.165) is 16.1 Å². The van der Waals surface area contributed by atoms with Gasteiger partial charge in [0.25, 0.3) is 0 Å². The number of hydrogen-bond acceptors (Lipinski definition) is 0. The Labute approximate surface area is 95.5 Å². The van der Waals surface area contributed by atoms with Gasteiger partial charge in [-0.15, -0.1) is 0 Å². The zero-order valence-electron chi connectivity index (χ0n) is 8.92. The highest BCUT2D eigenvalue weighted by atomic mass is 35.5. The number of benzene rings is 2. The highest BCUT2D eigenvalue weighted by Crippen LogP contribution is 2.31. The van der Waals surface area contributed by atoms with Crippen LogP contribution in [0.3, 0.4) is 0 Å². The first-order valence-corrected chi connectivity index (χ1v) is 5.39. The van der Waals surface area contributed by atoms with E-state index in [1.165, 1.54) is 11.1 Å². The lowest BCUT2D eigenvalue weighted by Crippen LogP contribution is -1.86. The Morgan fingerprint density at radius 2 is 1.53 bits per heavy atom. The predicted octanol–water partition coefficient (Wildman–Crippen LogP) is 4.62. The lowest BCUT2D eigenvalue weighted by molar-refractivity contribution is 1.34. The van der Waals surface area contributed by atoms with Crippen LogP contribution in [-0.2, 0) is 0 Å². The molecule has 0 saturated carbocycles.